The van der Waals surface area contributed by atoms with Crippen LogP contribution in [0.25, 0.3) is 0 Å². The van der Waals surface area contributed by atoms with Crippen LogP contribution in [0.4, 0.5) is 0 Å². The molecule has 1 atom stereocenters. The minimum absolute atomic E-state index is 0. The molecule has 1 unspecified atom stereocenters. The molecular weight excluding hydrogens is 780 g/mol. The first-order chi connectivity index (χ1) is 8.64. The molecule has 0 amide bonds. The third-order valence-electron chi connectivity index (χ3n) is 1.27. The minimum Gasteiger partial charge on any atom is -0.411 e. The summed E-state index contributed by atoms with van der Waals surface area (Å²) in [5.41, 5.74) is 0. The standard InChI is InChI=1S/C9H18O3.2C3H7.3W/c1-4-10-6-7-11-8-9(3)12-5-2;2*1-3-2;;;/h9H,1-2,4-8H2,3H3;2*3H,1-2H3;;;/q-2;2*-1;;2*+2. The molecule has 0 aromatic heterocycles. The van der Waals surface area contributed by atoms with E-state index in [4.69, 9.17) is 14.2 Å². The van der Waals surface area contributed by atoms with Gasteiger partial charge in [0.2, 0.25) is 0 Å². The Hall–Kier alpha value is 1.94. The van der Waals surface area contributed by atoms with E-state index < -0.39 is 0 Å². The van der Waals surface area contributed by atoms with Crippen LogP contribution in [-0.2, 0) is 77.4 Å². The third kappa shape index (κ3) is 61.2. The Bertz CT molecular complexity index is 118. The van der Waals surface area contributed by atoms with Gasteiger partial charge in [-0.2, -0.15) is 27.7 Å². The van der Waals surface area contributed by atoms with Crippen molar-refractivity contribution in [2.75, 3.05) is 33.0 Å². The van der Waals surface area contributed by atoms with E-state index in [0.29, 0.717) is 33.0 Å². The SMILES string of the molecule is C[CH-]C.C[CH-]C.[CH2-]COCCOCC(C)OC[CH2-].[W+2].[W+2].[W]. The van der Waals surface area contributed by atoms with Crippen molar-refractivity contribution in [3.05, 3.63) is 26.7 Å². The topological polar surface area (TPSA) is 27.7 Å². The largest absolute Gasteiger partial charge is 2.00 e. The molecule has 6 heteroatoms. The summed E-state index contributed by atoms with van der Waals surface area (Å²) >= 11 is 0. The molecule has 0 aromatic rings. The smallest absolute Gasteiger partial charge is 0.411 e. The maximum atomic E-state index is 5.24. The average Bonchev–Trinajstić information content (AvgIpc) is 2.31. The summed E-state index contributed by atoms with van der Waals surface area (Å²) < 4.78 is 15.4. The van der Waals surface area contributed by atoms with E-state index in [0.717, 1.165) is 0 Å². The van der Waals surface area contributed by atoms with Crippen LogP contribution in [-0.4, -0.2) is 39.1 Å². The van der Waals surface area contributed by atoms with Gasteiger partial charge in [0.05, 0.1) is 25.9 Å². The van der Waals surface area contributed by atoms with Crippen LogP contribution in [0.2, 0.25) is 0 Å². The van der Waals surface area contributed by atoms with Gasteiger partial charge in [0.15, 0.2) is 0 Å². The van der Waals surface area contributed by atoms with Crippen molar-refractivity contribution in [2.24, 2.45) is 0 Å². The summed E-state index contributed by atoms with van der Waals surface area (Å²) in [4.78, 5) is 0. The Kier molecular flexibility index (Phi) is 79.0. The number of hydrogen-bond donors (Lipinski definition) is 0. The van der Waals surface area contributed by atoms with Crippen molar-refractivity contribution in [3.63, 3.8) is 0 Å². The van der Waals surface area contributed by atoms with Gasteiger partial charge in [-0.25, -0.2) is 0 Å². The Morgan fingerprint density at radius 1 is 0.857 bits per heavy atom. The molecule has 0 aliphatic carbocycles. The summed E-state index contributed by atoms with van der Waals surface area (Å²) in [5.74, 6) is 0. The fourth-order valence-electron chi connectivity index (χ4n) is 0.719. The van der Waals surface area contributed by atoms with E-state index >= 15 is 0 Å². The second-order valence-corrected chi connectivity index (χ2v) is 3.52. The molecule has 128 valence electrons. The molecule has 0 N–H and O–H groups in total. The fraction of sp³-hybridized carbons (Fsp3) is 0.733. The van der Waals surface area contributed by atoms with Crippen LogP contribution in [0, 0.1) is 26.7 Å². The predicted octanol–water partition coefficient (Wildman–Crippen LogP) is 3.55. The first-order valence-corrected chi connectivity index (χ1v) is 6.47. The van der Waals surface area contributed by atoms with E-state index in [2.05, 4.69) is 13.8 Å². The molecule has 0 aromatic carbocycles. The minimum atomic E-state index is 0. The average molecular weight is 812 g/mol. The van der Waals surface area contributed by atoms with Crippen molar-refractivity contribution >= 4 is 0 Å². The van der Waals surface area contributed by atoms with Gasteiger partial charge >= 0.3 is 42.1 Å². The van der Waals surface area contributed by atoms with Gasteiger partial charge in [0.1, 0.15) is 0 Å². The molecule has 0 radical (unpaired) electrons. The molecule has 0 spiro atoms. The van der Waals surface area contributed by atoms with E-state index in [-0.39, 0.29) is 69.3 Å². The van der Waals surface area contributed by atoms with Crippen LogP contribution in [0.5, 0.6) is 0 Å². The zero-order chi connectivity index (χ0) is 14.6. The van der Waals surface area contributed by atoms with Crippen molar-refractivity contribution in [1.29, 1.82) is 0 Å². The van der Waals surface area contributed by atoms with E-state index in [1.165, 1.54) is 0 Å². The fourth-order valence-corrected chi connectivity index (χ4v) is 0.719. The molecule has 0 bridgehead atoms. The molecule has 21 heavy (non-hydrogen) atoms. The Morgan fingerprint density at radius 2 is 1.24 bits per heavy atom. The van der Waals surface area contributed by atoms with E-state index in [1.54, 1.807) is 0 Å². The normalized spacial score (nSPS) is 9.29. The summed E-state index contributed by atoms with van der Waals surface area (Å²) in [6.45, 7) is 19.8. The zero-order valence-electron chi connectivity index (χ0n) is 14.1. The zero-order valence-corrected chi connectivity index (χ0v) is 22.9. The number of rotatable bonds is 8. The summed E-state index contributed by atoms with van der Waals surface area (Å²) in [5, 5.41) is 0. The van der Waals surface area contributed by atoms with Gasteiger partial charge < -0.3 is 40.9 Å². The van der Waals surface area contributed by atoms with Gasteiger partial charge in [-0.3, -0.25) is 0 Å². The second kappa shape index (κ2) is 43.1. The van der Waals surface area contributed by atoms with Gasteiger partial charge in [-0.1, -0.05) is 13.2 Å². The molecule has 0 aliphatic rings. The maximum absolute atomic E-state index is 5.24. The molecule has 0 saturated carbocycles. The van der Waals surface area contributed by atoms with Crippen LogP contribution >= 0.6 is 0 Å². The Morgan fingerprint density at radius 3 is 1.57 bits per heavy atom. The van der Waals surface area contributed by atoms with Crippen molar-refractivity contribution in [3.8, 4) is 0 Å². The molecular formula is C15H32O3W3. The van der Waals surface area contributed by atoms with Crippen LogP contribution in [0.3, 0.4) is 0 Å². The second-order valence-electron chi connectivity index (χ2n) is 3.52. The third-order valence-corrected chi connectivity index (χ3v) is 1.27. The van der Waals surface area contributed by atoms with E-state index in [9.17, 15) is 0 Å². The first kappa shape index (κ1) is 38.5. The van der Waals surface area contributed by atoms with Gasteiger partial charge in [0, 0.05) is 21.1 Å². The molecule has 0 saturated heterocycles. The van der Waals surface area contributed by atoms with Gasteiger partial charge in [-0.15, -0.1) is 0 Å². The molecule has 3 nitrogen and oxygen atoms in total. The van der Waals surface area contributed by atoms with Crippen LogP contribution < -0.4 is 0 Å². The van der Waals surface area contributed by atoms with Crippen molar-refractivity contribution in [1.82, 2.24) is 0 Å². The quantitative estimate of drug-likeness (QED) is 0.278. The number of hydrogen-bond acceptors (Lipinski definition) is 3. The Balaban J connectivity index is -0.0000000542. The summed E-state index contributed by atoms with van der Waals surface area (Å²) in [7, 11) is 0. The molecule has 0 aliphatic heterocycles. The molecule has 0 fully saturated rings. The Labute approximate surface area is 176 Å². The maximum Gasteiger partial charge on any atom is 2.00 e. The van der Waals surface area contributed by atoms with Crippen LogP contribution in [0.1, 0.15) is 34.6 Å². The molecule has 0 rings (SSSR count). The first-order valence-electron chi connectivity index (χ1n) is 6.47. The van der Waals surface area contributed by atoms with E-state index in [1.807, 2.05) is 47.5 Å². The number of ether oxygens (including phenoxy) is 3. The predicted molar refractivity (Wildman–Crippen MR) is 79.1 cm³/mol. The summed E-state index contributed by atoms with van der Waals surface area (Å²) in [6.07, 6.45) is 4.11. The van der Waals surface area contributed by atoms with Crippen molar-refractivity contribution in [2.45, 2.75) is 40.7 Å². The monoisotopic (exact) mass is 812 g/mol. The van der Waals surface area contributed by atoms with Gasteiger partial charge in [0.25, 0.3) is 0 Å². The van der Waals surface area contributed by atoms with Gasteiger partial charge in [-0.05, 0) is 6.92 Å². The van der Waals surface area contributed by atoms with Crippen LogP contribution in [0.15, 0.2) is 0 Å². The van der Waals surface area contributed by atoms with Crippen molar-refractivity contribution < 1.29 is 77.4 Å². The molecule has 0 heterocycles. The summed E-state index contributed by atoms with van der Waals surface area (Å²) in [6, 6.07) is 0.